The second-order valence-corrected chi connectivity index (χ2v) is 7.87. The average Bonchev–Trinajstić information content (AvgIpc) is 3.46. The number of anilines is 3. The minimum Gasteiger partial charge on any atom is -0.366 e. The zero-order valence-electron chi connectivity index (χ0n) is 18.9. The number of carbonyl (C=O) groups excluding carboxylic acids is 1. The first kappa shape index (κ1) is 23.2. The molecule has 4 heterocycles. The van der Waals surface area contributed by atoms with Gasteiger partial charge in [0.1, 0.15) is 6.17 Å². The van der Waals surface area contributed by atoms with Crippen molar-refractivity contribution in [1.82, 2.24) is 29.3 Å². The quantitative estimate of drug-likeness (QED) is 0.562. The lowest BCUT2D eigenvalue weighted by Crippen LogP contribution is -2.23. The van der Waals surface area contributed by atoms with E-state index >= 15 is 0 Å². The third-order valence-corrected chi connectivity index (χ3v) is 5.07. The van der Waals surface area contributed by atoms with Crippen LogP contribution in [0.2, 0.25) is 0 Å². The van der Waals surface area contributed by atoms with Crippen molar-refractivity contribution in [3.8, 4) is 0 Å². The fraction of sp³-hybridized carbons (Fsp3) is 0.476. The van der Waals surface area contributed by atoms with Crippen molar-refractivity contribution in [2.75, 3.05) is 23.3 Å². The molecule has 1 aliphatic rings. The van der Waals surface area contributed by atoms with E-state index in [1.165, 1.54) is 0 Å². The molecule has 10 nitrogen and oxygen atoms in total. The third kappa shape index (κ3) is 5.04. The van der Waals surface area contributed by atoms with Gasteiger partial charge in [-0.1, -0.05) is 13.5 Å². The lowest BCUT2D eigenvalue weighted by Gasteiger charge is -2.17. The highest BCUT2D eigenvalue weighted by Gasteiger charge is 2.26. The first-order valence-corrected chi connectivity index (χ1v) is 10.6. The summed E-state index contributed by atoms with van der Waals surface area (Å²) in [5, 5.41) is 7.86. The van der Waals surface area contributed by atoms with Crippen LogP contribution in [0.5, 0.6) is 0 Å². The van der Waals surface area contributed by atoms with Crippen LogP contribution in [0.1, 0.15) is 38.9 Å². The molecule has 0 spiro atoms. The van der Waals surface area contributed by atoms with Gasteiger partial charge in [-0.05, 0) is 32.8 Å². The van der Waals surface area contributed by atoms with Gasteiger partial charge in [-0.3, -0.25) is 9.48 Å². The number of alkyl halides is 1. The number of rotatable bonds is 6. The fourth-order valence-electron chi connectivity index (χ4n) is 3.44. The normalized spacial score (nSPS) is 15.7. The van der Waals surface area contributed by atoms with Crippen molar-refractivity contribution in [1.29, 1.82) is 0 Å². The van der Waals surface area contributed by atoms with Crippen LogP contribution in [0.3, 0.4) is 0 Å². The molecule has 1 fully saturated rings. The van der Waals surface area contributed by atoms with E-state index in [-0.39, 0.29) is 6.04 Å². The number of carbonyl (C=O) groups is 1. The number of fused-ring (bicyclic) bond motifs is 1. The van der Waals surface area contributed by atoms with E-state index in [1.54, 1.807) is 11.0 Å². The van der Waals surface area contributed by atoms with Crippen LogP contribution in [-0.4, -0.2) is 54.5 Å². The molecule has 4 rings (SSSR count). The SMILES string of the molecule is C=CC(N)=O.CCc1nn(C)cc1Nc1nc(N2CCC(F)C2)nc2c1ncn2C(C)C. The number of nitrogens with one attached hydrogen (secondary N) is 1. The van der Waals surface area contributed by atoms with E-state index in [4.69, 9.17) is 9.97 Å². The number of primary amides is 1. The Bertz CT molecular complexity index is 1100. The number of hydrogen-bond donors (Lipinski definition) is 2. The van der Waals surface area contributed by atoms with E-state index in [2.05, 4.69) is 48.5 Å². The monoisotopic (exact) mass is 443 g/mol. The van der Waals surface area contributed by atoms with Crippen LogP contribution in [-0.2, 0) is 18.3 Å². The van der Waals surface area contributed by atoms with Crippen LogP contribution in [0, 0.1) is 0 Å². The Balaban J connectivity index is 0.000000523. The molecular formula is C21H30FN9O. The van der Waals surface area contributed by atoms with Gasteiger partial charge in [0.2, 0.25) is 11.9 Å². The third-order valence-electron chi connectivity index (χ3n) is 5.07. The summed E-state index contributed by atoms with van der Waals surface area (Å²) in [7, 11) is 1.89. The predicted molar refractivity (Wildman–Crippen MR) is 123 cm³/mol. The molecule has 32 heavy (non-hydrogen) atoms. The molecule has 172 valence electrons. The molecule has 0 radical (unpaired) electrons. The Kier molecular flexibility index (Phi) is 7.06. The number of imidazole rings is 1. The zero-order valence-corrected chi connectivity index (χ0v) is 18.9. The van der Waals surface area contributed by atoms with Gasteiger partial charge in [-0.2, -0.15) is 15.1 Å². The molecule has 3 aromatic heterocycles. The van der Waals surface area contributed by atoms with E-state index in [0.717, 1.165) is 29.5 Å². The predicted octanol–water partition coefficient (Wildman–Crippen LogP) is 2.65. The smallest absolute Gasteiger partial charge is 0.240 e. The molecule has 3 aromatic rings. The Labute approximate surface area is 186 Å². The van der Waals surface area contributed by atoms with Crippen molar-refractivity contribution >= 4 is 34.5 Å². The number of hydrogen-bond acceptors (Lipinski definition) is 7. The number of nitrogens with two attached hydrogens (primary N) is 1. The van der Waals surface area contributed by atoms with Gasteiger partial charge in [0.25, 0.3) is 0 Å². The van der Waals surface area contributed by atoms with Gasteiger partial charge in [0.15, 0.2) is 17.0 Å². The van der Waals surface area contributed by atoms with E-state index in [1.807, 2.05) is 22.7 Å². The van der Waals surface area contributed by atoms with Crippen LogP contribution in [0.15, 0.2) is 25.2 Å². The van der Waals surface area contributed by atoms with Gasteiger partial charge < -0.3 is 20.5 Å². The van der Waals surface area contributed by atoms with Crippen molar-refractivity contribution in [2.24, 2.45) is 12.8 Å². The highest BCUT2D eigenvalue weighted by atomic mass is 19.1. The molecule has 3 N–H and O–H groups in total. The molecule has 0 aliphatic carbocycles. The highest BCUT2D eigenvalue weighted by molar-refractivity contribution is 5.87. The molecule has 1 amide bonds. The summed E-state index contributed by atoms with van der Waals surface area (Å²) >= 11 is 0. The number of aryl methyl sites for hydroxylation is 2. The number of amides is 1. The van der Waals surface area contributed by atoms with Gasteiger partial charge in [-0.25, -0.2) is 9.37 Å². The molecule has 11 heteroatoms. The van der Waals surface area contributed by atoms with E-state index in [9.17, 15) is 9.18 Å². The van der Waals surface area contributed by atoms with Crippen molar-refractivity contribution < 1.29 is 9.18 Å². The summed E-state index contributed by atoms with van der Waals surface area (Å²) in [6, 6.07) is 0.211. The van der Waals surface area contributed by atoms with Crippen molar-refractivity contribution in [2.45, 2.75) is 45.8 Å². The number of halogens is 1. The molecular weight excluding hydrogens is 413 g/mol. The fourth-order valence-corrected chi connectivity index (χ4v) is 3.44. The van der Waals surface area contributed by atoms with Crippen molar-refractivity contribution in [3.63, 3.8) is 0 Å². The highest BCUT2D eigenvalue weighted by Crippen LogP contribution is 2.29. The number of aromatic nitrogens is 6. The molecule has 0 aromatic carbocycles. The Morgan fingerprint density at radius 2 is 2.16 bits per heavy atom. The summed E-state index contributed by atoms with van der Waals surface area (Å²) in [5.74, 6) is 0.680. The molecule has 1 atom stereocenters. The van der Waals surface area contributed by atoms with Gasteiger partial charge in [-0.15, -0.1) is 0 Å². The maximum atomic E-state index is 13.7. The van der Waals surface area contributed by atoms with Crippen LogP contribution >= 0.6 is 0 Å². The first-order chi connectivity index (χ1) is 15.2. The summed E-state index contributed by atoms with van der Waals surface area (Å²) < 4.78 is 17.5. The topological polar surface area (TPSA) is 120 Å². The summed E-state index contributed by atoms with van der Waals surface area (Å²) in [4.78, 5) is 25.3. The standard InChI is InChI=1S/C18H25FN8.C3H5NO/c1-5-13-14(9-25(4)24-13)21-16-15-17(27(10-20-15)11(2)3)23-18(22-16)26-7-6-12(19)8-26;1-2-3(4)5/h9-12H,5-8H2,1-4H3,(H,21,22,23);2H,1H2,(H2,4,5). The second kappa shape index (κ2) is 9.75. The average molecular weight is 444 g/mol. The second-order valence-electron chi connectivity index (χ2n) is 7.87. The molecule has 1 saturated heterocycles. The Morgan fingerprint density at radius 3 is 2.72 bits per heavy atom. The summed E-state index contributed by atoms with van der Waals surface area (Å²) in [6.45, 7) is 10.3. The maximum Gasteiger partial charge on any atom is 0.240 e. The largest absolute Gasteiger partial charge is 0.366 e. The molecule has 0 bridgehead atoms. The van der Waals surface area contributed by atoms with E-state index in [0.29, 0.717) is 36.8 Å². The lowest BCUT2D eigenvalue weighted by atomic mass is 10.3. The summed E-state index contributed by atoms with van der Waals surface area (Å²) in [6.07, 6.45) is 5.25. The van der Waals surface area contributed by atoms with Crippen LogP contribution < -0.4 is 16.0 Å². The maximum absolute atomic E-state index is 13.7. The first-order valence-electron chi connectivity index (χ1n) is 10.6. The molecule has 1 unspecified atom stereocenters. The molecule has 1 aliphatic heterocycles. The minimum absolute atomic E-state index is 0.211. The minimum atomic E-state index is -0.833. The number of nitrogens with zero attached hydrogens (tertiary/aromatic N) is 7. The Hall–Kier alpha value is -3.50. The Morgan fingerprint density at radius 1 is 1.44 bits per heavy atom. The van der Waals surface area contributed by atoms with Gasteiger partial charge in [0, 0.05) is 25.8 Å². The zero-order chi connectivity index (χ0) is 23.4. The molecule has 0 saturated carbocycles. The van der Waals surface area contributed by atoms with Crippen molar-refractivity contribution in [3.05, 3.63) is 30.9 Å². The summed E-state index contributed by atoms with van der Waals surface area (Å²) in [5.41, 5.74) is 7.84. The lowest BCUT2D eigenvalue weighted by molar-refractivity contribution is -0.113. The van der Waals surface area contributed by atoms with Crippen LogP contribution in [0.25, 0.3) is 11.2 Å². The van der Waals surface area contributed by atoms with Gasteiger partial charge >= 0.3 is 0 Å². The van der Waals surface area contributed by atoms with Gasteiger partial charge in [0.05, 0.1) is 24.3 Å². The van der Waals surface area contributed by atoms with E-state index < -0.39 is 12.1 Å². The van der Waals surface area contributed by atoms with Crippen LogP contribution in [0.4, 0.5) is 21.8 Å².